The number of benzene rings is 1. The highest BCUT2D eigenvalue weighted by Gasteiger charge is 2.44. The number of aryl methyl sites for hydroxylation is 2. The average Bonchev–Trinajstić information content (AvgIpc) is 3.10. The fourth-order valence-electron chi connectivity index (χ4n) is 4.32. The van der Waals surface area contributed by atoms with Crippen LogP contribution in [0.4, 0.5) is 5.69 Å². The van der Waals surface area contributed by atoms with Crippen molar-refractivity contribution in [2.24, 2.45) is 0 Å². The summed E-state index contributed by atoms with van der Waals surface area (Å²) in [4.78, 5) is 29.3. The van der Waals surface area contributed by atoms with Gasteiger partial charge in [0.15, 0.2) is 0 Å². The third-order valence-corrected chi connectivity index (χ3v) is 5.77. The molecule has 1 unspecified atom stereocenters. The van der Waals surface area contributed by atoms with Crippen molar-refractivity contribution in [1.82, 2.24) is 14.7 Å². The zero-order valence-corrected chi connectivity index (χ0v) is 17.1. The maximum atomic E-state index is 13.2. The van der Waals surface area contributed by atoms with Gasteiger partial charge in [0.2, 0.25) is 0 Å². The third kappa shape index (κ3) is 3.92. The highest BCUT2D eigenvalue weighted by Crippen LogP contribution is 2.32. The molecular weight excluding hydrogens is 368 g/mol. The van der Waals surface area contributed by atoms with Crippen LogP contribution in [-0.4, -0.2) is 58.3 Å². The van der Waals surface area contributed by atoms with E-state index in [1.165, 1.54) is 0 Å². The molecule has 1 atom stereocenters. The number of ether oxygens (including phenoxy) is 1. The minimum atomic E-state index is -0.523. The van der Waals surface area contributed by atoms with Gasteiger partial charge in [0.25, 0.3) is 11.8 Å². The number of anilines is 1. The highest BCUT2D eigenvalue weighted by molar-refractivity contribution is 5.96. The molecule has 2 amide bonds. The number of carbonyl (C=O) groups is 2. The van der Waals surface area contributed by atoms with Crippen LogP contribution in [0.2, 0.25) is 0 Å². The van der Waals surface area contributed by atoms with E-state index in [-0.39, 0.29) is 18.4 Å². The molecule has 4 rings (SSSR count). The quantitative estimate of drug-likeness (QED) is 0.797. The van der Waals surface area contributed by atoms with Crippen LogP contribution < -0.4 is 4.90 Å². The summed E-state index contributed by atoms with van der Waals surface area (Å²) in [5.41, 5.74) is 1.77. The largest absolute Gasteiger partial charge is 0.361 e. The van der Waals surface area contributed by atoms with Gasteiger partial charge < -0.3 is 14.5 Å². The molecule has 0 aliphatic carbocycles. The number of hydrogen-bond acceptors (Lipinski definition) is 4. The summed E-state index contributed by atoms with van der Waals surface area (Å²) in [5.74, 6) is -0.0438. The minimum absolute atomic E-state index is 0.00399. The van der Waals surface area contributed by atoms with Crippen LogP contribution >= 0.6 is 0 Å². The second kappa shape index (κ2) is 7.99. The van der Waals surface area contributed by atoms with Crippen LogP contribution in [0.3, 0.4) is 0 Å². The summed E-state index contributed by atoms with van der Waals surface area (Å²) in [6, 6.07) is 9.67. The number of carbonyl (C=O) groups excluding carboxylic acids is 2. The minimum Gasteiger partial charge on any atom is -0.361 e. The molecule has 0 bridgehead atoms. The molecular formula is C22H28N4O3. The fraction of sp³-hybridized carbons (Fsp3) is 0.500. The Bertz CT molecular complexity index is 895. The van der Waals surface area contributed by atoms with Crippen molar-refractivity contribution in [1.29, 1.82) is 0 Å². The lowest BCUT2D eigenvalue weighted by Gasteiger charge is -2.47. The van der Waals surface area contributed by atoms with E-state index in [4.69, 9.17) is 4.74 Å². The maximum absolute atomic E-state index is 13.2. The molecule has 0 radical (unpaired) electrons. The van der Waals surface area contributed by atoms with Gasteiger partial charge in [-0.1, -0.05) is 25.1 Å². The molecule has 2 saturated heterocycles. The molecule has 1 spiro atoms. The number of morpholine rings is 1. The van der Waals surface area contributed by atoms with Crippen molar-refractivity contribution in [2.75, 3.05) is 31.1 Å². The van der Waals surface area contributed by atoms with Crippen LogP contribution in [0, 0.1) is 6.92 Å². The van der Waals surface area contributed by atoms with E-state index in [1.54, 1.807) is 4.90 Å². The highest BCUT2D eigenvalue weighted by atomic mass is 16.5. The van der Waals surface area contributed by atoms with Crippen molar-refractivity contribution in [3.8, 4) is 0 Å². The lowest BCUT2D eigenvalue weighted by molar-refractivity contribution is -0.144. The molecule has 1 aromatic heterocycles. The Labute approximate surface area is 171 Å². The molecule has 0 saturated carbocycles. The molecule has 154 valence electrons. The number of amides is 2. The van der Waals surface area contributed by atoms with Crippen molar-refractivity contribution in [3.63, 3.8) is 0 Å². The summed E-state index contributed by atoms with van der Waals surface area (Å²) in [6.45, 7) is 6.47. The number of piperidine rings is 1. The Morgan fingerprint density at radius 1 is 1.24 bits per heavy atom. The summed E-state index contributed by atoms with van der Waals surface area (Å²) in [7, 11) is 0. The second-order valence-electron chi connectivity index (χ2n) is 8.01. The van der Waals surface area contributed by atoms with E-state index in [1.807, 2.05) is 53.0 Å². The molecule has 7 heteroatoms. The Hall–Kier alpha value is -2.67. The van der Waals surface area contributed by atoms with Gasteiger partial charge >= 0.3 is 0 Å². The van der Waals surface area contributed by atoms with Crippen LogP contribution in [0.5, 0.6) is 0 Å². The van der Waals surface area contributed by atoms with Gasteiger partial charge in [0.05, 0.1) is 24.3 Å². The van der Waals surface area contributed by atoms with Gasteiger partial charge in [-0.05, 0) is 38.3 Å². The molecule has 2 fully saturated rings. The van der Waals surface area contributed by atoms with E-state index in [0.29, 0.717) is 25.2 Å². The summed E-state index contributed by atoms with van der Waals surface area (Å²) >= 11 is 0. The standard InChI is InChI=1S/C22H28N4O3/c1-3-11-25-13-19(17(2)23-25)21(28)24-12-7-10-22(15-24)16-26(20(27)14-29-22)18-8-5-4-6-9-18/h4-6,8-9,13H,3,7,10-12,14-16H2,1-2H3. The van der Waals surface area contributed by atoms with Crippen molar-refractivity contribution >= 4 is 17.5 Å². The first kappa shape index (κ1) is 19.6. The number of rotatable bonds is 4. The lowest BCUT2D eigenvalue weighted by atomic mass is 9.90. The predicted molar refractivity (Wildman–Crippen MR) is 110 cm³/mol. The summed E-state index contributed by atoms with van der Waals surface area (Å²) in [5, 5.41) is 4.47. The number of nitrogens with zero attached hydrogens (tertiary/aromatic N) is 4. The van der Waals surface area contributed by atoms with Crippen LogP contribution in [0.15, 0.2) is 36.5 Å². The summed E-state index contributed by atoms with van der Waals surface area (Å²) in [6.07, 6.45) is 4.51. The topological polar surface area (TPSA) is 67.7 Å². The Morgan fingerprint density at radius 3 is 2.79 bits per heavy atom. The van der Waals surface area contributed by atoms with E-state index in [2.05, 4.69) is 12.0 Å². The second-order valence-corrected chi connectivity index (χ2v) is 8.01. The number of hydrogen-bond donors (Lipinski definition) is 0. The zero-order valence-electron chi connectivity index (χ0n) is 17.1. The molecule has 2 aliphatic rings. The maximum Gasteiger partial charge on any atom is 0.257 e. The SMILES string of the molecule is CCCn1cc(C(=O)N2CCCC3(C2)CN(c2ccccc2)C(=O)CO3)c(C)n1. The van der Waals surface area contributed by atoms with E-state index in [0.717, 1.165) is 37.2 Å². The van der Waals surface area contributed by atoms with Gasteiger partial charge in [-0.3, -0.25) is 14.3 Å². The lowest BCUT2D eigenvalue weighted by Crippen LogP contribution is -2.62. The molecule has 0 N–H and O–H groups in total. The van der Waals surface area contributed by atoms with Crippen molar-refractivity contribution in [2.45, 2.75) is 45.3 Å². The van der Waals surface area contributed by atoms with Crippen molar-refractivity contribution < 1.29 is 14.3 Å². The fourth-order valence-corrected chi connectivity index (χ4v) is 4.32. The first-order valence-electron chi connectivity index (χ1n) is 10.3. The van der Waals surface area contributed by atoms with E-state index in [9.17, 15) is 9.59 Å². The first-order valence-corrected chi connectivity index (χ1v) is 10.3. The number of aromatic nitrogens is 2. The zero-order chi connectivity index (χ0) is 20.4. The molecule has 1 aromatic carbocycles. The number of para-hydroxylation sites is 1. The van der Waals surface area contributed by atoms with E-state index >= 15 is 0 Å². The van der Waals surface area contributed by atoms with Crippen molar-refractivity contribution in [3.05, 3.63) is 47.8 Å². The monoisotopic (exact) mass is 396 g/mol. The Balaban J connectivity index is 1.53. The van der Waals surface area contributed by atoms with Crippen LogP contribution in [0.25, 0.3) is 0 Å². The molecule has 2 aliphatic heterocycles. The van der Waals surface area contributed by atoms with Gasteiger partial charge in [0, 0.05) is 25.0 Å². The molecule has 29 heavy (non-hydrogen) atoms. The van der Waals surface area contributed by atoms with Gasteiger partial charge in [0.1, 0.15) is 12.2 Å². The molecule has 3 heterocycles. The Kier molecular flexibility index (Phi) is 5.41. The van der Waals surface area contributed by atoms with Crippen LogP contribution in [-0.2, 0) is 16.1 Å². The molecule has 2 aromatic rings. The Morgan fingerprint density at radius 2 is 2.03 bits per heavy atom. The van der Waals surface area contributed by atoms with Crippen LogP contribution in [0.1, 0.15) is 42.2 Å². The summed E-state index contributed by atoms with van der Waals surface area (Å²) < 4.78 is 7.90. The molecule has 7 nitrogen and oxygen atoms in total. The smallest absolute Gasteiger partial charge is 0.257 e. The van der Waals surface area contributed by atoms with E-state index < -0.39 is 5.60 Å². The normalized spacial score (nSPS) is 22.3. The predicted octanol–water partition coefficient (Wildman–Crippen LogP) is 2.64. The van der Waals surface area contributed by atoms with Gasteiger partial charge in [-0.15, -0.1) is 0 Å². The third-order valence-electron chi connectivity index (χ3n) is 5.77. The first-order chi connectivity index (χ1) is 14.0. The van der Waals surface area contributed by atoms with Gasteiger partial charge in [-0.25, -0.2) is 0 Å². The number of likely N-dealkylation sites (tertiary alicyclic amines) is 1. The van der Waals surface area contributed by atoms with Gasteiger partial charge in [-0.2, -0.15) is 5.10 Å². The average molecular weight is 396 g/mol.